The molecule has 1 amide bonds. The van der Waals surface area contributed by atoms with Crippen molar-refractivity contribution in [1.82, 2.24) is 4.90 Å². The largest absolute Gasteiger partial charge is 0.504 e. The van der Waals surface area contributed by atoms with Crippen molar-refractivity contribution in [3.8, 4) is 11.5 Å². The van der Waals surface area contributed by atoms with Crippen molar-refractivity contribution in [1.29, 1.82) is 0 Å². The Bertz CT molecular complexity index is 813. The second-order valence-corrected chi connectivity index (χ2v) is 5.50. The molecule has 0 atom stereocenters. The summed E-state index contributed by atoms with van der Waals surface area (Å²) in [6.07, 6.45) is 1.89. The SMILES string of the molecule is O=C(c1cccc(O)c1O)N1CC=C(c2c(F)cccc2F)CC1. The predicted octanol–water partition coefficient (Wildman–Crippen LogP) is 3.31. The first-order chi connectivity index (χ1) is 11.5. The molecule has 2 aromatic carbocycles. The molecule has 1 heterocycles. The summed E-state index contributed by atoms with van der Waals surface area (Å²) in [7, 11) is 0. The summed E-state index contributed by atoms with van der Waals surface area (Å²) in [5.41, 5.74) is 0.434. The van der Waals surface area contributed by atoms with Crippen LogP contribution in [0.1, 0.15) is 22.3 Å². The van der Waals surface area contributed by atoms with Gasteiger partial charge in [-0.05, 0) is 36.3 Å². The number of nitrogens with zero attached hydrogens (tertiary/aromatic N) is 1. The van der Waals surface area contributed by atoms with Crippen LogP contribution in [0.15, 0.2) is 42.5 Å². The zero-order valence-corrected chi connectivity index (χ0v) is 12.7. The van der Waals surface area contributed by atoms with Gasteiger partial charge in [-0.1, -0.05) is 18.2 Å². The zero-order valence-electron chi connectivity index (χ0n) is 12.7. The highest BCUT2D eigenvalue weighted by atomic mass is 19.1. The molecular weight excluding hydrogens is 316 g/mol. The lowest BCUT2D eigenvalue weighted by atomic mass is 9.98. The Balaban J connectivity index is 1.83. The summed E-state index contributed by atoms with van der Waals surface area (Å²) < 4.78 is 27.7. The molecule has 0 aliphatic carbocycles. The van der Waals surface area contributed by atoms with Gasteiger partial charge in [-0.25, -0.2) is 8.78 Å². The predicted molar refractivity (Wildman–Crippen MR) is 84.6 cm³/mol. The van der Waals surface area contributed by atoms with Gasteiger partial charge in [0, 0.05) is 18.7 Å². The molecule has 2 aromatic rings. The quantitative estimate of drug-likeness (QED) is 0.830. The molecule has 1 aliphatic rings. The average Bonchev–Trinajstić information content (AvgIpc) is 2.57. The highest BCUT2D eigenvalue weighted by Crippen LogP contribution is 2.31. The van der Waals surface area contributed by atoms with Crippen molar-refractivity contribution in [3.63, 3.8) is 0 Å². The summed E-state index contributed by atoms with van der Waals surface area (Å²) in [5, 5.41) is 19.3. The van der Waals surface area contributed by atoms with Crippen LogP contribution in [0.3, 0.4) is 0 Å². The number of carbonyl (C=O) groups excluding carboxylic acids is 1. The van der Waals surface area contributed by atoms with Crippen LogP contribution in [-0.4, -0.2) is 34.1 Å². The number of hydrogen-bond acceptors (Lipinski definition) is 3. The van der Waals surface area contributed by atoms with Gasteiger partial charge >= 0.3 is 0 Å². The van der Waals surface area contributed by atoms with Crippen molar-refractivity contribution < 1.29 is 23.8 Å². The molecule has 3 rings (SSSR count). The van der Waals surface area contributed by atoms with E-state index in [0.717, 1.165) is 0 Å². The number of aromatic hydroxyl groups is 2. The van der Waals surface area contributed by atoms with Crippen LogP contribution in [0.4, 0.5) is 8.78 Å². The van der Waals surface area contributed by atoms with Crippen molar-refractivity contribution in [2.24, 2.45) is 0 Å². The minimum absolute atomic E-state index is 0.0103. The van der Waals surface area contributed by atoms with E-state index >= 15 is 0 Å². The van der Waals surface area contributed by atoms with Crippen molar-refractivity contribution in [2.45, 2.75) is 6.42 Å². The Morgan fingerprint density at radius 2 is 1.71 bits per heavy atom. The summed E-state index contributed by atoms with van der Waals surface area (Å²) in [6, 6.07) is 7.85. The summed E-state index contributed by atoms with van der Waals surface area (Å²) in [4.78, 5) is 13.9. The Kier molecular flexibility index (Phi) is 4.20. The van der Waals surface area contributed by atoms with Crippen LogP contribution < -0.4 is 0 Å². The number of amides is 1. The summed E-state index contributed by atoms with van der Waals surface area (Å²) >= 11 is 0. The maximum absolute atomic E-state index is 13.8. The second-order valence-electron chi connectivity index (χ2n) is 5.50. The normalized spacial score (nSPS) is 14.4. The van der Waals surface area contributed by atoms with Gasteiger partial charge in [-0.3, -0.25) is 4.79 Å². The maximum atomic E-state index is 13.8. The van der Waals surface area contributed by atoms with Gasteiger partial charge in [0.05, 0.1) is 5.56 Å². The third-order valence-electron chi connectivity index (χ3n) is 4.03. The van der Waals surface area contributed by atoms with Crippen molar-refractivity contribution in [3.05, 3.63) is 65.2 Å². The van der Waals surface area contributed by atoms with E-state index in [4.69, 9.17) is 0 Å². The van der Waals surface area contributed by atoms with Gasteiger partial charge in [0.2, 0.25) is 0 Å². The number of phenolic OH excluding ortho intramolecular Hbond substituents is 2. The molecule has 124 valence electrons. The number of phenols is 2. The fourth-order valence-corrected chi connectivity index (χ4v) is 2.76. The number of hydrogen-bond donors (Lipinski definition) is 2. The minimum atomic E-state index is -0.633. The lowest BCUT2D eigenvalue weighted by molar-refractivity contribution is 0.0769. The van der Waals surface area contributed by atoms with Crippen molar-refractivity contribution in [2.75, 3.05) is 13.1 Å². The molecule has 0 radical (unpaired) electrons. The Morgan fingerprint density at radius 1 is 1.04 bits per heavy atom. The molecule has 0 bridgehead atoms. The van der Waals surface area contributed by atoms with Gasteiger partial charge in [-0.2, -0.15) is 0 Å². The van der Waals surface area contributed by atoms with Gasteiger partial charge in [0.25, 0.3) is 5.91 Å². The molecule has 2 N–H and O–H groups in total. The molecule has 0 spiro atoms. The average molecular weight is 331 g/mol. The van der Waals surface area contributed by atoms with E-state index in [-0.39, 0.29) is 30.0 Å². The maximum Gasteiger partial charge on any atom is 0.258 e. The smallest absolute Gasteiger partial charge is 0.258 e. The van der Waals surface area contributed by atoms with E-state index in [1.54, 1.807) is 6.08 Å². The van der Waals surface area contributed by atoms with Crippen LogP contribution in [0.5, 0.6) is 11.5 Å². The van der Waals surface area contributed by atoms with Crippen LogP contribution in [0.25, 0.3) is 5.57 Å². The fraction of sp³-hybridized carbons (Fsp3) is 0.167. The molecule has 1 aliphatic heterocycles. The van der Waals surface area contributed by atoms with E-state index in [0.29, 0.717) is 12.0 Å². The van der Waals surface area contributed by atoms with E-state index in [2.05, 4.69) is 0 Å². The molecule has 0 saturated heterocycles. The van der Waals surface area contributed by atoms with Crippen LogP contribution >= 0.6 is 0 Å². The summed E-state index contributed by atoms with van der Waals surface area (Å²) in [5.74, 6) is -2.56. The third kappa shape index (κ3) is 2.82. The first-order valence-electron chi connectivity index (χ1n) is 7.42. The summed E-state index contributed by atoms with van der Waals surface area (Å²) in [6.45, 7) is 0.421. The molecular formula is C18H15F2NO3. The fourth-order valence-electron chi connectivity index (χ4n) is 2.76. The van der Waals surface area contributed by atoms with Crippen LogP contribution in [0.2, 0.25) is 0 Å². The molecule has 0 saturated carbocycles. The minimum Gasteiger partial charge on any atom is -0.504 e. The first kappa shape index (κ1) is 16.0. The van der Waals surface area contributed by atoms with Crippen LogP contribution in [-0.2, 0) is 0 Å². The number of benzene rings is 2. The Hall–Kier alpha value is -2.89. The van der Waals surface area contributed by atoms with Crippen LogP contribution in [0, 0.1) is 11.6 Å². The lowest BCUT2D eigenvalue weighted by Gasteiger charge is -2.27. The Morgan fingerprint density at radius 3 is 2.33 bits per heavy atom. The van der Waals surface area contributed by atoms with E-state index < -0.39 is 23.3 Å². The molecule has 0 unspecified atom stereocenters. The number of para-hydroxylation sites is 1. The standard InChI is InChI=1S/C18H15F2NO3/c19-13-4-2-5-14(20)16(13)11-7-9-21(10-8-11)18(24)12-3-1-6-15(22)17(12)23/h1-7,22-23H,8-10H2. The molecule has 0 fully saturated rings. The molecule has 6 heteroatoms. The highest BCUT2D eigenvalue weighted by Gasteiger charge is 2.24. The van der Waals surface area contributed by atoms with E-state index in [1.165, 1.54) is 41.3 Å². The molecule has 0 aromatic heterocycles. The van der Waals surface area contributed by atoms with E-state index in [9.17, 15) is 23.8 Å². The van der Waals surface area contributed by atoms with Gasteiger partial charge in [0.15, 0.2) is 11.5 Å². The number of carbonyl (C=O) groups is 1. The number of halogens is 2. The highest BCUT2D eigenvalue weighted by molar-refractivity contribution is 5.98. The third-order valence-corrected chi connectivity index (χ3v) is 4.03. The lowest BCUT2D eigenvalue weighted by Crippen LogP contribution is -2.34. The van der Waals surface area contributed by atoms with Gasteiger partial charge < -0.3 is 15.1 Å². The van der Waals surface area contributed by atoms with E-state index in [1.807, 2.05) is 0 Å². The molecule has 4 nitrogen and oxygen atoms in total. The van der Waals surface area contributed by atoms with Crippen molar-refractivity contribution >= 4 is 11.5 Å². The zero-order chi connectivity index (χ0) is 17.3. The molecule has 24 heavy (non-hydrogen) atoms. The number of rotatable bonds is 2. The topological polar surface area (TPSA) is 60.8 Å². The Labute approximate surface area is 137 Å². The van der Waals surface area contributed by atoms with Gasteiger partial charge in [-0.15, -0.1) is 0 Å². The first-order valence-corrected chi connectivity index (χ1v) is 7.42. The monoisotopic (exact) mass is 331 g/mol. The second kappa shape index (κ2) is 6.31. The van der Waals surface area contributed by atoms with Gasteiger partial charge in [0.1, 0.15) is 11.6 Å².